The molecule has 2 aromatic carbocycles. The largest absolute Gasteiger partial charge is 0.454 e. The number of sulfonamides is 1. The van der Waals surface area contributed by atoms with Gasteiger partial charge < -0.3 is 24.8 Å². The standard InChI is InChI=1S/C21H22FN3O7S/c22-15-3-5-16(6-4-15)33(28,29)25-8-1-9-30-19(25)12-24-21(27)20(26)23-11-14-2-7-17-18(10-14)32-13-31-17/h2-7,10,19H,1,8-9,11-13H2,(H,23,26)(H,24,27)/t19-/m1/s1. The molecule has 1 atom stereocenters. The van der Waals surface area contributed by atoms with Crippen LogP contribution in [0.15, 0.2) is 47.4 Å². The monoisotopic (exact) mass is 479 g/mol. The minimum Gasteiger partial charge on any atom is -0.454 e. The van der Waals surface area contributed by atoms with E-state index in [-0.39, 0.29) is 31.3 Å². The Hall–Kier alpha value is -3.22. The van der Waals surface area contributed by atoms with Gasteiger partial charge in [-0.25, -0.2) is 12.8 Å². The smallest absolute Gasteiger partial charge is 0.309 e. The van der Waals surface area contributed by atoms with Gasteiger partial charge in [-0.15, -0.1) is 0 Å². The van der Waals surface area contributed by atoms with Crippen molar-refractivity contribution in [1.82, 2.24) is 14.9 Å². The molecule has 2 amide bonds. The molecule has 2 aliphatic rings. The summed E-state index contributed by atoms with van der Waals surface area (Å²) in [6.45, 7) is 0.456. The zero-order chi connectivity index (χ0) is 23.4. The summed E-state index contributed by atoms with van der Waals surface area (Å²) in [4.78, 5) is 24.3. The number of fused-ring (bicyclic) bond motifs is 1. The van der Waals surface area contributed by atoms with E-state index in [4.69, 9.17) is 14.2 Å². The predicted octanol–water partition coefficient (Wildman–Crippen LogP) is 0.724. The molecule has 4 rings (SSSR count). The Balaban J connectivity index is 1.33. The zero-order valence-electron chi connectivity index (χ0n) is 17.5. The molecule has 0 bridgehead atoms. The number of rotatable bonds is 6. The maximum Gasteiger partial charge on any atom is 0.309 e. The van der Waals surface area contributed by atoms with Gasteiger partial charge in [0.15, 0.2) is 11.5 Å². The first kappa shape index (κ1) is 23.0. The molecule has 0 aliphatic carbocycles. The first-order chi connectivity index (χ1) is 15.8. The molecule has 2 aliphatic heterocycles. The number of ether oxygens (including phenoxy) is 3. The molecule has 2 aromatic rings. The van der Waals surface area contributed by atoms with E-state index in [1.807, 2.05) is 0 Å². The number of nitrogens with one attached hydrogen (secondary N) is 2. The third-order valence-corrected chi connectivity index (χ3v) is 7.01. The van der Waals surface area contributed by atoms with Crippen LogP contribution in [0.25, 0.3) is 0 Å². The summed E-state index contributed by atoms with van der Waals surface area (Å²) in [5.74, 6) is -1.20. The Kier molecular flexibility index (Phi) is 6.77. The molecule has 0 radical (unpaired) electrons. The topological polar surface area (TPSA) is 123 Å². The van der Waals surface area contributed by atoms with Crippen LogP contribution in [0.4, 0.5) is 4.39 Å². The van der Waals surface area contributed by atoms with Gasteiger partial charge in [0.05, 0.1) is 18.0 Å². The summed E-state index contributed by atoms with van der Waals surface area (Å²) < 4.78 is 56.2. The average molecular weight is 479 g/mol. The molecule has 0 spiro atoms. The second kappa shape index (κ2) is 9.73. The van der Waals surface area contributed by atoms with E-state index in [2.05, 4.69) is 10.6 Å². The highest BCUT2D eigenvalue weighted by Crippen LogP contribution is 2.32. The van der Waals surface area contributed by atoms with Crippen molar-refractivity contribution >= 4 is 21.8 Å². The molecule has 1 fully saturated rings. The number of carbonyl (C=O) groups is 2. The van der Waals surface area contributed by atoms with Crippen LogP contribution in [0, 0.1) is 5.82 Å². The van der Waals surface area contributed by atoms with Gasteiger partial charge >= 0.3 is 11.8 Å². The van der Waals surface area contributed by atoms with Gasteiger partial charge in [-0.1, -0.05) is 6.07 Å². The number of hydrogen-bond acceptors (Lipinski definition) is 7. The molecule has 10 nitrogen and oxygen atoms in total. The fraction of sp³-hybridized carbons (Fsp3) is 0.333. The van der Waals surface area contributed by atoms with Crippen LogP contribution in [0.5, 0.6) is 11.5 Å². The van der Waals surface area contributed by atoms with E-state index in [0.717, 1.165) is 16.4 Å². The lowest BCUT2D eigenvalue weighted by Gasteiger charge is -2.34. The van der Waals surface area contributed by atoms with Gasteiger partial charge in [-0.05, 0) is 48.4 Å². The van der Waals surface area contributed by atoms with Crippen molar-refractivity contribution in [1.29, 1.82) is 0 Å². The summed E-state index contributed by atoms with van der Waals surface area (Å²) in [5, 5.41) is 4.90. The summed E-state index contributed by atoms with van der Waals surface area (Å²) in [7, 11) is -3.98. The van der Waals surface area contributed by atoms with Gasteiger partial charge in [-0.3, -0.25) is 9.59 Å². The lowest BCUT2D eigenvalue weighted by atomic mass is 10.2. The highest BCUT2D eigenvalue weighted by atomic mass is 32.2. The van der Waals surface area contributed by atoms with E-state index in [1.54, 1.807) is 18.2 Å². The van der Waals surface area contributed by atoms with Gasteiger partial charge in [-0.2, -0.15) is 4.31 Å². The van der Waals surface area contributed by atoms with Crippen LogP contribution in [0.2, 0.25) is 0 Å². The number of hydrogen-bond donors (Lipinski definition) is 2. The SMILES string of the molecule is O=C(NCc1ccc2c(c1)OCO2)C(=O)NC[C@H]1OCCCN1S(=O)(=O)c1ccc(F)cc1. The van der Waals surface area contributed by atoms with Gasteiger partial charge in [0.1, 0.15) is 12.0 Å². The Morgan fingerprint density at radius 3 is 2.55 bits per heavy atom. The van der Waals surface area contributed by atoms with Crippen molar-refractivity contribution in [3.8, 4) is 11.5 Å². The number of carbonyl (C=O) groups excluding carboxylic acids is 2. The molecule has 12 heteroatoms. The Bertz CT molecular complexity index is 1140. The van der Waals surface area contributed by atoms with Crippen LogP contribution >= 0.6 is 0 Å². The van der Waals surface area contributed by atoms with Crippen LogP contribution in [-0.2, 0) is 30.9 Å². The highest BCUT2D eigenvalue weighted by molar-refractivity contribution is 7.89. The van der Waals surface area contributed by atoms with E-state index in [1.165, 1.54) is 12.1 Å². The molecule has 33 heavy (non-hydrogen) atoms. The fourth-order valence-corrected chi connectivity index (χ4v) is 4.98. The normalized spacial score (nSPS) is 18.0. The van der Waals surface area contributed by atoms with E-state index >= 15 is 0 Å². The minimum atomic E-state index is -3.98. The molecular weight excluding hydrogens is 457 g/mol. The predicted molar refractivity (Wildman–Crippen MR) is 112 cm³/mol. The quantitative estimate of drug-likeness (QED) is 0.586. The van der Waals surface area contributed by atoms with Crippen molar-refractivity contribution in [3.05, 3.63) is 53.8 Å². The second-order valence-corrected chi connectivity index (χ2v) is 9.22. The Labute approximate surface area is 189 Å². The first-order valence-electron chi connectivity index (χ1n) is 10.2. The van der Waals surface area contributed by atoms with Crippen molar-refractivity contribution in [2.75, 3.05) is 26.5 Å². The van der Waals surface area contributed by atoms with Crippen LogP contribution in [0.1, 0.15) is 12.0 Å². The fourth-order valence-electron chi connectivity index (χ4n) is 3.42. The highest BCUT2D eigenvalue weighted by Gasteiger charge is 2.35. The number of nitrogens with zero attached hydrogens (tertiary/aromatic N) is 1. The molecule has 0 unspecified atom stereocenters. The van der Waals surface area contributed by atoms with Gasteiger partial charge in [0.25, 0.3) is 0 Å². The van der Waals surface area contributed by atoms with Crippen LogP contribution < -0.4 is 20.1 Å². The van der Waals surface area contributed by atoms with Crippen molar-refractivity contribution in [2.24, 2.45) is 0 Å². The van der Waals surface area contributed by atoms with Gasteiger partial charge in [0, 0.05) is 13.1 Å². The average Bonchev–Trinajstić information content (AvgIpc) is 3.29. The molecule has 2 heterocycles. The third-order valence-electron chi connectivity index (χ3n) is 5.11. The first-order valence-corrected chi connectivity index (χ1v) is 11.6. The molecule has 0 saturated carbocycles. The maximum absolute atomic E-state index is 13.2. The van der Waals surface area contributed by atoms with E-state index in [9.17, 15) is 22.4 Å². The van der Waals surface area contributed by atoms with Crippen molar-refractivity contribution < 1.29 is 36.6 Å². The third kappa shape index (κ3) is 5.24. The summed E-state index contributed by atoms with van der Waals surface area (Å²) in [5.41, 5.74) is 0.715. The van der Waals surface area contributed by atoms with Crippen molar-refractivity contribution in [3.63, 3.8) is 0 Å². The lowest BCUT2D eigenvalue weighted by molar-refractivity contribution is -0.140. The minimum absolute atomic E-state index is 0.0906. The van der Waals surface area contributed by atoms with E-state index in [0.29, 0.717) is 30.1 Å². The zero-order valence-corrected chi connectivity index (χ0v) is 18.3. The molecule has 1 saturated heterocycles. The van der Waals surface area contributed by atoms with Crippen LogP contribution in [-0.4, -0.2) is 57.3 Å². The molecule has 0 aromatic heterocycles. The maximum atomic E-state index is 13.2. The van der Waals surface area contributed by atoms with Crippen LogP contribution in [0.3, 0.4) is 0 Å². The number of halogens is 1. The Morgan fingerprint density at radius 1 is 1.03 bits per heavy atom. The molecule has 2 N–H and O–H groups in total. The summed E-state index contributed by atoms with van der Waals surface area (Å²) >= 11 is 0. The van der Waals surface area contributed by atoms with Gasteiger partial charge in [0.2, 0.25) is 16.8 Å². The Morgan fingerprint density at radius 2 is 1.76 bits per heavy atom. The van der Waals surface area contributed by atoms with E-state index < -0.39 is 33.9 Å². The lowest BCUT2D eigenvalue weighted by Crippen LogP contribution is -2.53. The molecular formula is C21H22FN3O7S. The number of amides is 2. The summed E-state index contributed by atoms with van der Waals surface area (Å²) in [6, 6.07) is 9.59. The second-order valence-electron chi connectivity index (χ2n) is 7.33. The van der Waals surface area contributed by atoms with Crippen molar-refractivity contribution in [2.45, 2.75) is 24.1 Å². The number of benzene rings is 2. The summed E-state index contributed by atoms with van der Waals surface area (Å²) in [6.07, 6.45) is -0.541. The molecule has 176 valence electrons.